The van der Waals surface area contributed by atoms with E-state index in [0.29, 0.717) is 3.90 Å². The molecule has 0 atom stereocenters. The number of nitrogens with zero attached hydrogens (tertiary/aromatic N) is 1. The molecule has 0 unspecified atom stereocenters. The molecule has 0 radical (unpaired) electrons. The molecule has 38 valence electrons. The minimum absolute atomic E-state index is 0.336. The summed E-state index contributed by atoms with van der Waals surface area (Å²) >= 11 is 1.79. The molecule has 0 aliphatic heterocycles. The molecule has 5 heteroatoms. The Balaban J connectivity index is 3.30. The second-order valence-electron chi connectivity index (χ2n) is 0.866. The molecule has 7 heavy (non-hydrogen) atoms. The van der Waals surface area contributed by atoms with Crippen LogP contribution in [-0.2, 0) is 0 Å². The maximum atomic E-state index is 10.0. The highest BCUT2D eigenvalue weighted by Crippen LogP contribution is 1.89. The molecule has 4 nitrogen and oxygen atoms in total. The van der Waals surface area contributed by atoms with E-state index in [1.165, 1.54) is 0 Å². The van der Waals surface area contributed by atoms with E-state index in [9.17, 15) is 4.79 Å². The fraction of sp³-hybridized carbons (Fsp3) is 0. The predicted molar refractivity (Wildman–Crippen MR) is 29.8 cm³/mol. The number of rotatable bonds is 0. The van der Waals surface area contributed by atoms with Gasteiger partial charge in [-0.1, -0.05) is 0 Å². The molecule has 0 aliphatic carbocycles. The largest absolute Gasteiger partial charge is 0.435 e. The molecule has 0 bridgehead atoms. The molecule has 1 rings (SSSR count). The van der Waals surface area contributed by atoms with Crippen molar-refractivity contribution in [3.05, 3.63) is 14.4 Å². The van der Waals surface area contributed by atoms with Crippen molar-refractivity contribution in [3.63, 3.8) is 0 Å². The van der Waals surface area contributed by atoms with E-state index < -0.39 is 5.76 Å². The second kappa shape index (κ2) is 1.65. The molecule has 0 saturated heterocycles. The maximum Gasteiger partial charge on any atom is 0.435 e. The van der Waals surface area contributed by atoms with Gasteiger partial charge in [-0.2, -0.15) is 0 Å². The Bertz CT molecular complexity index is 201. The standard InChI is InChI=1S/C2HIN2O2/c3-1-4-5-2(6)7-1/h(H,5,6). The van der Waals surface area contributed by atoms with Gasteiger partial charge in [0.25, 0.3) is 3.90 Å². The average molecular weight is 212 g/mol. The molecule has 0 amide bonds. The van der Waals surface area contributed by atoms with E-state index in [-0.39, 0.29) is 0 Å². The summed E-state index contributed by atoms with van der Waals surface area (Å²) in [5.41, 5.74) is 0. The van der Waals surface area contributed by atoms with Gasteiger partial charge in [-0.15, -0.1) is 5.10 Å². The van der Waals surface area contributed by atoms with E-state index >= 15 is 0 Å². The number of hydrogen-bond acceptors (Lipinski definition) is 3. The first-order chi connectivity index (χ1) is 3.29. The lowest BCUT2D eigenvalue weighted by Gasteiger charge is -1.60. The van der Waals surface area contributed by atoms with Crippen LogP contribution in [0.2, 0.25) is 0 Å². The van der Waals surface area contributed by atoms with E-state index in [2.05, 4.69) is 14.6 Å². The second-order valence-corrected chi connectivity index (χ2v) is 1.79. The Morgan fingerprint density at radius 3 is 2.71 bits per heavy atom. The summed E-state index contributed by atoms with van der Waals surface area (Å²) in [6.07, 6.45) is 0. The number of aromatic nitrogens is 2. The molecule has 1 aromatic rings. The summed E-state index contributed by atoms with van der Waals surface area (Å²) in [5.74, 6) is -0.510. The summed E-state index contributed by atoms with van der Waals surface area (Å²) in [6.45, 7) is 0. The minimum Gasteiger partial charge on any atom is -0.383 e. The van der Waals surface area contributed by atoms with Crippen LogP contribution in [0.15, 0.2) is 9.21 Å². The first kappa shape index (κ1) is 4.82. The van der Waals surface area contributed by atoms with Crippen LogP contribution >= 0.6 is 22.6 Å². The highest BCUT2D eigenvalue weighted by Gasteiger charge is 1.89. The molecule has 0 fully saturated rings. The smallest absolute Gasteiger partial charge is 0.383 e. The van der Waals surface area contributed by atoms with Crippen molar-refractivity contribution in [2.45, 2.75) is 0 Å². The van der Waals surface area contributed by atoms with Crippen molar-refractivity contribution >= 4 is 22.6 Å². The molecule has 0 aromatic carbocycles. The zero-order chi connectivity index (χ0) is 5.28. The third-order valence-corrected chi connectivity index (χ3v) is 0.873. The first-order valence-corrected chi connectivity index (χ1v) is 2.58. The van der Waals surface area contributed by atoms with Gasteiger partial charge in [0.15, 0.2) is 0 Å². The molecule has 1 aromatic heterocycles. The van der Waals surface area contributed by atoms with Crippen molar-refractivity contribution in [1.82, 2.24) is 10.2 Å². The number of H-pyrrole nitrogens is 1. The van der Waals surface area contributed by atoms with Gasteiger partial charge in [0.2, 0.25) is 0 Å². The molecule has 0 saturated carbocycles. The molecule has 0 spiro atoms. The molecular formula is C2HIN2O2. The average Bonchev–Trinajstić information content (AvgIpc) is 1.87. The highest BCUT2D eigenvalue weighted by atomic mass is 127. The lowest BCUT2D eigenvalue weighted by Crippen LogP contribution is -1.93. The maximum absolute atomic E-state index is 10.0. The molecular weight excluding hydrogens is 211 g/mol. The highest BCUT2D eigenvalue weighted by molar-refractivity contribution is 14.1. The van der Waals surface area contributed by atoms with Crippen LogP contribution in [0.5, 0.6) is 0 Å². The Morgan fingerprint density at radius 2 is 2.57 bits per heavy atom. The summed E-state index contributed by atoms with van der Waals surface area (Å²) < 4.78 is 4.68. The zero-order valence-electron chi connectivity index (χ0n) is 3.14. The first-order valence-electron chi connectivity index (χ1n) is 1.50. The number of hydrogen-bond donors (Lipinski definition) is 1. The van der Waals surface area contributed by atoms with Crippen molar-refractivity contribution in [2.75, 3.05) is 0 Å². The van der Waals surface area contributed by atoms with Crippen LogP contribution in [0.1, 0.15) is 0 Å². The van der Waals surface area contributed by atoms with E-state index in [0.717, 1.165) is 0 Å². The van der Waals surface area contributed by atoms with Crippen molar-refractivity contribution in [2.24, 2.45) is 0 Å². The Labute approximate surface area is 52.1 Å². The van der Waals surface area contributed by atoms with Gasteiger partial charge < -0.3 is 4.42 Å². The van der Waals surface area contributed by atoms with Gasteiger partial charge in [0, 0.05) is 22.6 Å². The topological polar surface area (TPSA) is 58.9 Å². The summed E-state index contributed by atoms with van der Waals surface area (Å²) in [6, 6.07) is 0. The monoisotopic (exact) mass is 212 g/mol. The Hall–Kier alpha value is -0.330. The number of nitrogens with one attached hydrogen (secondary N) is 1. The summed E-state index contributed by atoms with van der Waals surface area (Å²) in [7, 11) is 0. The third kappa shape index (κ3) is 1.02. The van der Waals surface area contributed by atoms with Gasteiger partial charge in [-0.3, -0.25) is 0 Å². The predicted octanol–water partition coefficient (Wildman–Crippen LogP) is -0.0325. The molecule has 0 aliphatic rings. The summed E-state index contributed by atoms with van der Waals surface area (Å²) in [4.78, 5) is 10.0. The lowest BCUT2D eigenvalue weighted by molar-refractivity contribution is 0.485. The van der Waals surface area contributed by atoms with Gasteiger partial charge >= 0.3 is 5.76 Å². The van der Waals surface area contributed by atoms with Crippen LogP contribution in [0.3, 0.4) is 0 Å². The van der Waals surface area contributed by atoms with Gasteiger partial charge in [0.05, 0.1) is 0 Å². The third-order valence-electron chi connectivity index (χ3n) is 0.412. The van der Waals surface area contributed by atoms with E-state index in [1.807, 2.05) is 0 Å². The van der Waals surface area contributed by atoms with Crippen LogP contribution in [0.25, 0.3) is 0 Å². The van der Waals surface area contributed by atoms with E-state index in [1.54, 1.807) is 22.6 Å². The SMILES string of the molecule is O=c1[nH]nc(I)o1. The minimum atomic E-state index is -0.510. The fourth-order valence-electron chi connectivity index (χ4n) is 0.212. The van der Waals surface area contributed by atoms with Crippen LogP contribution in [0, 0.1) is 3.90 Å². The van der Waals surface area contributed by atoms with Crippen LogP contribution in [0.4, 0.5) is 0 Å². The van der Waals surface area contributed by atoms with Gasteiger partial charge in [-0.25, -0.2) is 9.89 Å². The normalized spacial score (nSPS) is 9.29. The van der Waals surface area contributed by atoms with Crippen molar-refractivity contribution in [3.8, 4) is 0 Å². The Morgan fingerprint density at radius 1 is 1.86 bits per heavy atom. The number of aromatic amines is 1. The van der Waals surface area contributed by atoms with Crippen LogP contribution in [-0.4, -0.2) is 10.2 Å². The van der Waals surface area contributed by atoms with Gasteiger partial charge in [0.1, 0.15) is 0 Å². The molecule has 1 heterocycles. The van der Waals surface area contributed by atoms with Crippen molar-refractivity contribution < 1.29 is 4.42 Å². The van der Waals surface area contributed by atoms with Crippen molar-refractivity contribution in [1.29, 1.82) is 0 Å². The lowest BCUT2D eigenvalue weighted by atomic mass is 11.4. The molecule has 1 N–H and O–H groups in total. The van der Waals surface area contributed by atoms with Crippen LogP contribution < -0.4 is 5.76 Å². The van der Waals surface area contributed by atoms with Gasteiger partial charge in [-0.05, 0) is 0 Å². The van der Waals surface area contributed by atoms with E-state index in [4.69, 9.17) is 0 Å². The Kier molecular flexibility index (Phi) is 1.13. The fourth-order valence-corrected chi connectivity index (χ4v) is 0.532. The zero-order valence-corrected chi connectivity index (χ0v) is 5.30. The summed E-state index contributed by atoms with van der Waals surface area (Å²) in [5, 5.41) is 5.49. The number of halogens is 1. The quantitative estimate of drug-likeness (QED) is 0.614.